The van der Waals surface area contributed by atoms with Gasteiger partial charge >= 0.3 is 5.97 Å². The molecule has 0 bridgehead atoms. The topological polar surface area (TPSA) is 35.5 Å². The van der Waals surface area contributed by atoms with Crippen LogP contribution in [0.2, 0.25) is 0 Å². The minimum atomic E-state index is -1.35. The smallest absolute Gasteiger partial charge is 0.343 e. The number of halogens is 3. The predicted molar refractivity (Wildman–Crippen MR) is 134 cm³/mol. The third-order valence-corrected chi connectivity index (χ3v) is 7.75. The number of carbonyl (C=O) groups is 1. The molecule has 0 heterocycles. The first-order valence-corrected chi connectivity index (χ1v) is 12.8. The predicted octanol–water partition coefficient (Wildman–Crippen LogP) is 8.15. The highest BCUT2D eigenvalue weighted by Gasteiger charge is 2.36. The van der Waals surface area contributed by atoms with Crippen LogP contribution < -0.4 is 9.47 Å². The number of ether oxygens (including phenoxy) is 2. The van der Waals surface area contributed by atoms with Crippen molar-refractivity contribution in [2.24, 2.45) is 17.8 Å². The average Bonchev–Trinajstić information content (AvgIpc) is 2.89. The molecule has 2 aromatic rings. The number of fused-ring (bicyclic) bond motifs is 1. The normalized spacial score (nSPS) is 23.4. The van der Waals surface area contributed by atoms with E-state index in [-0.39, 0.29) is 23.8 Å². The second kappa shape index (κ2) is 11.8. The molecule has 0 saturated heterocycles. The van der Waals surface area contributed by atoms with Gasteiger partial charge in [0, 0.05) is 0 Å². The van der Waals surface area contributed by atoms with Gasteiger partial charge in [0.2, 0.25) is 11.6 Å². The molecule has 2 aliphatic carbocycles. The monoisotopic (exact) mass is 498 g/mol. The minimum Gasteiger partial charge on any atom is -0.486 e. The molecule has 0 spiro atoms. The Kier molecular flexibility index (Phi) is 8.55. The summed E-state index contributed by atoms with van der Waals surface area (Å²) in [5.74, 6) is -2.72. The van der Waals surface area contributed by atoms with Crippen molar-refractivity contribution in [1.29, 1.82) is 0 Å². The van der Waals surface area contributed by atoms with E-state index in [9.17, 15) is 13.6 Å². The Morgan fingerprint density at radius 1 is 0.917 bits per heavy atom. The maximum Gasteiger partial charge on any atom is 0.343 e. The molecule has 2 aromatic carbocycles. The zero-order chi connectivity index (χ0) is 25.7. The van der Waals surface area contributed by atoms with Crippen LogP contribution in [-0.2, 0) is 0 Å². The Labute approximate surface area is 211 Å². The summed E-state index contributed by atoms with van der Waals surface area (Å²) in [4.78, 5) is 12.5. The highest BCUT2D eigenvalue weighted by molar-refractivity contribution is 5.91. The van der Waals surface area contributed by atoms with Gasteiger partial charge in [-0.25, -0.2) is 9.18 Å². The second-order valence-electron chi connectivity index (χ2n) is 9.99. The molecule has 4 unspecified atom stereocenters. The van der Waals surface area contributed by atoms with E-state index < -0.39 is 29.2 Å². The molecule has 0 radical (unpaired) electrons. The fourth-order valence-corrected chi connectivity index (χ4v) is 5.88. The van der Waals surface area contributed by atoms with Crippen LogP contribution in [-0.4, -0.2) is 12.6 Å². The molecule has 0 aromatic heterocycles. The first-order chi connectivity index (χ1) is 17.4. The molecule has 0 amide bonds. The van der Waals surface area contributed by atoms with Gasteiger partial charge in [0.05, 0.1) is 5.56 Å². The lowest BCUT2D eigenvalue weighted by Crippen LogP contribution is -2.30. The zero-order valence-electron chi connectivity index (χ0n) is 20.5. The first-order valence-electron chi connectivity index (χ1n) is 12.8. The molecule has 0 aliphatic heterocycles. The largest absolute Gasteiger partial charge is 0.486 e. The third kappa shape index (κ3) is 5.85. The molecule has 6 heteroatoms. The van der Waals surface area contributed by atoms with Crippen LogP contribution in [0.1, 0.15) is 73.2 Å². The van der Waals surface area contributed by atoms with Gasteiger partial charge in [0.25, 0.3) is 0 Å². The summed E-state index contributed by atoms with van der Waals surface area (Å²) in [5.41, 5.74) is 0.555. The molecule has 4 rings (SSSR count). The number of hydrogen-bond donors (Lipinski definition) is 0. The number of allylic oxidation sites excluding steroid dienone is 1. The van der Waals surface area contributed by atoms with Crippen molar-refractivity contribution in [3.05, 3.63) is 84.2 Å². The van der Waals surface area contributed by atoms with Crippen LogP contribution in [0.15, 0.2) is 55.6 Å². The lowest BCUT2D eigenvalue weighted by Gasteiger charge is -2.42. The van der Waals surface area contributed by atoms with E-state index in [0.717, 1.165) is 49.8 Å². The summed E-state index contributed by atoms with van der Waals surface area (Å²) in [6, 6.07) is 6.53. The number of rotatable bonds is 9. The van der Waals surface area contributed by atoms with E-state index >= 15 is 4.39 Å². The van der Waals surface area contributed by atoms with Gasteiger partial charge in [-0.2, -0.15) is 8.78 Å². The van der Waals surface area contributed by atoms with E-state index in [2.05, 4.69) is 13.2 Å². The Morgan fingerprint density at radius 2 is 1.64 bits per heavy atom. The van der Waals surface area contributed by atoms with E-state index in [0.29, 0.717) is 17.4 Å². The average molecular weight is 499 g/mol. The fraction of sp³-hybridized carbons (Fsp3) is 0.433. The maximum atomic E-state index is 15.1. The van der Waals surface area contributed by atoms with Crippen molar-refractivity contribution in [1.82, 2.24) is 0 Å². The number of esters is 1. The van der Waals surface area contributed by atoms with Gasteiger partial charge in [-0.3, -0.25) is 0 Å². The molecular formula is C30H33F3O3. The molecule has 36 heavy (non-hydrogen) atoms. The van der Waals surface area contributed by atoms with Crippen LogP contribution in [0.3, 0.4) is 0 Å². The summed E-state index contributed by atoms with van der Waals surface area (Å²) in [6.45, 7) is 7.28. The van der Waals surface area contributed by atoms with E-state index in [1.165, 1.54) is 37.8 Å². The number of carbonyl (C=O) groups excluding carboxylic acids is 1. The molecule has 4 atom stereocenters. The summed E-state index contributed by atoms with van der Waals surface area (Å²) < 4.78 is 53.6. The summed E-state index contributed by atoms with van der Waals surface area (Å²) in [6.07, 6.45) is 12.3. The Bertz CT molecular complexity index is 1110. The van der Waals surface area contributed by atoms with Gasteiger partial charge in [-0.1, -0.05) is 31.2 Å². The molecular weight excluding hydrogens is 465 g/mol. The van der Waals surface area contributed by atoms with Gasteiger partial charge in [-0.15, -0.1) is 6.58 Å². The van der Waals surface area contributed by atoms with Gasteiger partial charge in [-0.05, 0) is 98.4 Å². The van der Waals surface area contributed by atoms with Crippen molar-refractivity contribution >= 4 is 5.97 Å². The lowest BCUT2D eigenvalue weighted by atomic mass is 9.63. The van der Waals surface area contributed by atoms with Crippen molar-refractivity contribution < 1.29 is 27.4 Å². The zero-order valence-corrected chi connectivity index (χ0v) is 20.5. The van der Waals surface area contributed by atoms with Gasteiger partial charge < -0.3 is 9.47 Å². The lowest BCUT2D eigenvalue weighted by molar-refractivity contribution is 0.0725. The second-order valence-corrected chi connectivity index (χ2v) is 9.99. The minimum absolute atomic E-state index is 0.000230. The molecule has 192 valence electrons. The van der Waals surface area contributed by atoms with Crippen molar-refractivity contribution in [2.75, 3.05) is 6.61 Å². The van der Waals surface area contributed by atoms with Crippen LogP contribution >= 0.6 is 0 Å². The van der Waals surface area contributed by atoms with Gasteiger partial charge in [0.15, 0.2) is 11.5 Å². The van der Waals surface area contributed by atoms with Crippen LogP contribution in [0, 0.1) is 35.2 Å². The highest BCUT2D eigenvalue weighted by atomic mass is 19.2. The number of benzene rings is 2. The van der Waals surface area contributed by atoms with Crippen LogP contribution in [0.4, 0.5) is 13.2 Å². The van der Waals surface area contributed by atoms with E-state index in [1.54, 1.807) is 6.07 Å². The quantitative estimate of drug-likeness (QED) is 0.199. The Morgan fingerprint density at radius 3 is 2.39 bits per heavy atom. The summed E-state index contributed by atoms with van der Waals surface area (Å²) in [5, 5.41) is 0. The molecule has 2 saturated carbocycles. The summed E-state index contributed by atoms with van der Waals surface area (Å²) in [7, 11) is 0. The Hall–Kier alpha value is -3.02. The van der Waals surface area contributed by atoms with Crippen LogP contribution in [0.25, 0.3) is 0 Å². The first kappa shape index (κ1) is 26.1. The molecule has 2 aliphatic rings. The van der Waals surface area contributed by atoms with E-state index in [4.69, 9.17) is 9.47 Å². The SMILES string of the molecule is C=CCCC1CCC2CC(c3ccc(C(=O)Oc4ccc(OCC=C)c(F)c4F)cc3F)CCC2C1. The van der Waals surface area contributed by atoms with Crippen LogP contribution in [0.5, 0.6) is 11.5 Å². The number of hydrogen-bond acceptors (Lipinski definition) is 3. The fourth-order valence-electron chi connectivity index (χ4n) is 5.88. The molecule has 0 N–H and O–H groups in total. The highest BCUT2D eigenvalue weighted by Crippen LogP contribution is 2.48. The molecule has 2 fully saturated rings. The third-order valence-electron chi connectivity index (χ3n) is 7.75. The van der Waals surface area contributed by atoms with Gasteiger partial charge in [0.1, 0.15) is 12.4 Å². The summed E-state index contributed by atoms with van der Waals surface area (Å²) >= 11 is 0. The standard InChI is InChI=1S/C30H33F3O3/c1-3-5-6-19-7-8-21-17-22(10-9-20(21)16-19)24-12-11-23(18-25(24)31)30(34)36-27-14-13-26(35-15-4-2)28(32)29(27)33/h3-4,11-14,18-22H,1-2,5-10,15-17H2. The Balaban J connectivity index is 1.39. The van der Waals surface area contributed by atoms with E-state index in [1.807, 2.05) is 6.08 Å². The molecule has 3 nitrogen and oxygen atoms in total. The van der Waals surface area contributed by atoms with Crippen molar-refractivity contribution in [2.45, 2.75) is 57.3 Å². The van der Waals surface area contributed by atoms with Crippen molar-refractivity contribution in [3.8, 4) is 11.5 Å². The van der Waals surface area contributed by atoms with Crippen molar-refractivity contribution in [3.63, 3.8) is 0 Å². The maximum absolute atomic E-state index is 15.1.